The van der Waals surface area contributed by atoms with Gasteiger partial charge in [-0.3, -0.25) is 10.2 Å². The lowest BCUT2D eigenvalue weighted by molar-refractivity contribution is -0.137. The molecule has 1 aromatic heterocycles. The zero-order chi connectivity index (χ0) is 23.6. The third-order valence-electron chi connectivity index (χ3n) is 5.07. The summed E-state index contributed by atoms with van der Waals surface area (Å²) >= 11 is 1.21. The molecule has 0 saturated carbocycles. The van der Waals surface area contributed by atoms with Gasteiger partial charge in [-0.15, -0.1) is 0 Å². The second-order valence-corrected chi connectivity index (χ2v) is 8.68. The predicted molar refractivity (Wildman–Crippen MR) is 118 cm³/mol. The summed E-state index contributed by atoms with van der Waals surface area (Å²) in [5, 5.41) is 9.87. The maximum Gasteiger partial charge on any atom is 0.416 e. The summed E-state index contributed by atoms with van der Waals surface area (Å²) < 4.78 is 50.2. The third-order valence-corrected chi connectivity index (χ3v) is 6.07. The Bertz CT molecular complexity index is 1180. The fourth-order valence-electron chi connectivity index (χ4n) is 3.37. The minimum Gasteiger partial charge on any atom is -0.493 e. The molecule has 0 aliphatic carbocycles. The molecule has 1 saturated heterocycles. The number of hydrogen-bond donors (Lipinski definition) is 2. The van der Waals surface area contributed by atoms with E-state index in [1.807, 2.05) is 24.3 Å². The lowest BCUT2D eigenvalue weighted by Gasteiger charge is -2.08. The van der Waals surface area contributed by atoms with Gasteiger partial charge in [0.05, 0.1) is 23.1 Å². The van der Waals surface area contributed by atoms with E-state index in [2.05, 4.69) is 10.3 Å². The number of carbonyl (C=O) groups excluding carboxylic acids is 1. The van der Waals surface area contributed by atoms with Crippen LogP contribution in [0.3, 0.4) is 0 Å². The normalized spacial score (nSPS) is 16.2. The van der Waals surface area contributed by atoms with Crippen LogP contribution < -0.4 is 10.1 Å². The number of thioether (sulfide) groups is 1. The van der Waals surface area contributed by atoms with E-state index in [0.717, 1.165) is 17.7 Å². The topological polar surface area (TPSA) is 88.2 Å². The van der Waals surface area contributed by atoms with Crippen molar-refractivity contribution < 1.29 is 27.1 Å². The largest absolute Gasteiger partial charge is 0.493 e. The van der Waals surface area contributed by atoms with Crippen molar-refractivity contribution in [1.82, 2.24) is 10.3 Å². The molecule has 0 radical (unpaired) electrons. The number of alkyl halides is 3. The molecule has 1 fully saturated rings. The lowest BCUT2D eigenvalue weighted by atomic mass is 10.1. The molecule has 1 unspecified atom stereocenters. The summed E-state index contributed by atoms with van der Waals surface area (Å²) in [4.78, 5) is 16.1. The van der Waals surface area contributed by atoms with Gasteiger partial charge in [-0.25, -0.2) is 4.98 Å². The molecule has 2 heterocycles. The van der Waals surface area contributed by atoms with Gasteiger partial charge in [-0.1, -0.05) is 30.0 Å². The summed E-state index contributed by atoms with van der Waals surface area (Å²) in [6, 6.07) is 12.2. The van der Waals surface area contributed by atoms with Crippen LogP contribution in [0.5, 0.6) is 5.75 Å². The highest BCUT2D eigenvalue weighted by molar-refractivity contribution is 8.15. The van der Waals surface area contributed by atoms with Crippen molar-refractivity contribution in [1.29, 1.82) is 5.41 Å². The summed E-state index contributed by atoms with van der Waals surface area (Å²) in [5.41, 5.74) is 1.09. The van der Waals surface area contributed by atoms with Gasteiger partial charge in [-0.2, -0.15) is 13.2 Å². The molecule has 0 bridgehead atoms. The molecule has 2 N–H and O–H groups in total. The summed E-state index contributed by atoms with van der Waals surface area (Å²) in [7, 11) is 0. The van der Waals surface area contributed by atoms with Crippen LogP contribution in [0, 0.1) is 12.3 Å². The monoisotopic (exact) mass is 475 g/mol. The molecule has 2 aromatic carbocycles. The highest BCUT2D eigenvalue weighted by atomic mass is 32.2. The number of hydrogen-bond acceptors (Lipinski definition) is 6. The first-order valence-electron chi connectivity index (χ1n) is 10.1. The first-order chi connectivity index (χ1) is 15.7. The number of oxazole rings is 1. The zero-order valence-corrected chi connectivity index (χ0v) is 18.3. The second kappa shape index (κ2) is 9.30. The second-order valence-electron chi connectivity index (χ2n) is 7.47. The van der Waals surface area contributed by atoms with Crippen LogP contribution in [-0.4, -0.2) is 27.9 Å². The van der Waals surface area contributed by atoms with Crippen molar-refractivity contribution in [3.8, 4) is 17.2 Å². The molecule has 1 amide bonds. The van der Waals surface area contributed by atoms with E-state index in [1.54, 1.807) is 6.92 Å². The average Bonchev–Trinajstić information content (AvgIpc) is 3.29. The van der Waals surface area contributed by atoms with Crippen molar-refractivity contribution in [2.75, 3.05) is 6.61 Å². The molecule has 1 atom stereocenters. The first-order valence-corrected chi connectivity index (χ1v) is 11.0. The number of halogens is 3. The Morgan fingerprint density at radius 1 is 1.21 bits per heavy atom. The lowest BCUT2D eigenvalue weighted by Crippen LogP contribution is -2.25. The van der Waals surface area contributed by atoms with E-state index in [9.17, 15) is 18.0 Å². The molecular formula is C23H20F3N3O3S. The van der Waals surface area contributed by atoms with Gasteiger partial charge in [0.1, 0.15) is 11.5 Å². The molecule has 3 aromatic rings. The molecule has 1 aliphatic heterocycles. The van der Waals surface area contributed by atoms with Crippen LogP contribution in [0.4, 0.5) is 13.2 Å². The Labute approximate surface area is 192 Å². The molecule has 4 rings (SSSR count). The van der Waals surface area contributed by atoms with Crippen molar-refractivity contribution in [3.05, 3.63) is 71.1 Å². The van der Waals surface area contributed by atoms with E-state index >= 15 is 0 Å². The van der Waals surface area contributed by atoms with E-state index in [-0.39, 0.29) is 27.8 Å². The maximum atomic E-state index is 13.0. The summed E-state index contributed by atoms with van der Waals surface area (Å²) in [6.07, 6.45) is -3.48. The minimum atomic E-state index is -4.44. The number of rotatable bonds is 7. The quantitative estimate of drug-likeness (QED) is 0.502. The Hall–Kier alpha value is -3.27. The predicted octanol–water partition coefficient (Wildman–Crippen LogP) is 5.00. The smallest absolute Gasteiger partial charge is 0.416 e. The number of nitrogens with one attached hydrogen (secondary N) is 2. The maximum absolute atomic E-state index is 13.0. The van der Waals surface area contributed by atoms with Crippen LogP contribution in [-0.2, 0) is 23.8 Å². The SMILES string of the molecule is Cc1oc(-c2cccc(C(F)(F)F)c2)nc1CCOc1ccc(CC2SC(=N)NC2=O)cc1. The van der Waals surface area contributed by atoms with Crippen LogP contribution in [0.1, 0.15) is 22.6 Å². The zero-order valence-electron chi connectivity index (χ0n) is 17.5. The fraction of sp³-hybridized carbons (Fsp3) is 0.261. The van der Waals surface area contributed by atoms with Crippen LogP contribution >= 0.6 is 11.8 Å². The first kappa shape index (κ1) is 22.9. The number of nitrogens with zero attached hydrogens (tertiary/aromatic N) is 1. The molecule has 33 heavy (non-hydrogen) atoms. The highest BCUT2D eigenvalue weighted by Crippen LogP contribution is 2.32. The molecule has 0 spiro atoms. The number of aromatic nitrogens is 1. The van der Waals surface area contributed by atoms with Crippen molar-refractivity contribution in [2.24, 2.45) is 0 Å². The Kier molecular flexibility index (Phi) is 6.46. The Morgan fingerprint density at radius 2 is 1.97 bits per heavy atom. The van der Waals surface area contributed by atoms with E-state index < -0.39 is 11.7 Å². The van der Waals surface area contributed by atoms with Crippen LogP contribution in [0.15, 0.2) is 52.9 Å². The standard InChI is InChI=1S/C23H20F3N3O3S/c1-13-18(28-21(32-13)15-3-2-4-16(12-15)23(24,25)26)9-10-31-17-7-5-14(6-8-17)11-19-20(30)29-22(27)33-19/h2-8,12,19H,9-11H2,1H3,(H2,27,29,30). The fourth-order valence-corrected chi connectivity index (χ4v) is 4.25. The van der Waals surface area contributed by atoms with Crippen molar-refractivity contribution >= 4 is 22.8 Å². The van der Waals surface area contributed by atoms with Gasteiger partial charge in [0.2, 0.25) is 11.8 Å². The van der Waals surface area contributed by atoms with Gasteiger partial charge >= 0.3 is 6.18 Å². The third kappa shape index (κ3) is 5.57. The summed E-state index contributed by atoms with van der Waals surface area (Å²) in [6.45, 7) is 2.03. The van der Waals surface area contributed by atoms with Gasteiger partial charge in [0, 0.05) is 12.0 Å². The number of aryl methyl sites for hydroxylation is 1. The minimum absolute atomic E-state index is 0.139. The highest BCUT2D eigenvalue weighted by Gasteiger charge is 2.31. The number of amides is 1. The molecule has 172 valence electrons. The number of ether oxygens (including phenoxy) is 1. The number of benzene rings is 2. The summed E-state index contributed by atoms with van der Waals surface area (Å²) in [5.74, 6) is 1.16. The van der Waals surface area contributed by atoms with E-state index in [1.165, 1.54) is 23.9 Å². The Balaban J connectivity index is 1.33. The van der Waals surface area contributed by atoms with Gasteiger partial charge in [0.25, 0.3) is 0 Å². The van der Waals surface area contributed by atoms with Gasteiger partial charge < -0.3 is 14.5 Å². The number of carbonyl (C=O) groups is 1. The average molecular weight is 475 g/mol. The number of amidine groups is 1. The van der Waals surface area contributed by atoms with E-state index in [4.69, 9.17) is 14.6 Å². The van der Waals surface area contributed by atoms with E-state index in [0.29, 0.717) is 36.7 Å². The van der Waals surface area contributed by atoms with Crippen molar-refractivity contribution in [3.63, 3.8) is 0 Å². The Morgan fingerprint density at radius 3 is 2.64 bits per heavy atom. The van der Waals surface area contributed by atoms with Crippen LogP contribution in [0.25, 0.3) is 11.5 Å². The van der Waals surface area contributed by atoms with Crippen LogP contribution in [0.2, 0.25) is 0 Å². The van der Waals surface area contributed by atoms with Gasteiger partial charge in [-0.05, 0) is 49.2 Å². The molecular weight excluding hydrogens is 455 g/mol. The molecule has 6 nitrogen and oxygen atoms in total. The molecule has 10 heteroatoms. The van der Waals surface area contributed by atoms with Crippen molar-refractivity contribution in [2.45, 2.75) is 31.2 Å². The van der Waals surface area contributed by atoms with Gasteiger partial charge in [0.15, 0.2) is 5.17 Å². The molecule has 1 aliphatic rings.